The Morgan fingerprint density at radius 2 is 1.94 bits per heavy atom. The normalized spacial score (nSPS) is 15.6. The first kappa shape index (κ1) is 32.3. The van der Waals surface area contributed by atoms with Crippen LogP contribution >= 0.6 is 32.8 Å². The average molecular weight is 714 g/mol. The van der Waals surface area contributed by atoms with Gasteiger partial charge in [-0.3, -0.25) is 19.0 Å². The van der Waals surface area contributed by atoms with Gasteiger partial charge < -0.3 is 14.0 Å². The summed E-state index contributed by atoms with van der Waals surface area (Å²) in [5, 5.41) is 12.6. The molecule has 8 rings (SSSR count). The van der Waals surface area contributed by atoms with Crippen LogP contribution in [0.25, 0.3) is 32.9 Å². The van der Waals surface area contributed by atoms with Gasteiger partial charge >= 0.3 is 5.97 Å². The summed E-state index contributed by atoms with van der Waals surface area (Å²) in [5.41, 5.74) is 9.39. The lowest BCUT2D eigenvalue weighted by molar-refractivity contribution is 0.0589. The lowest BCUT2D eigenvalue weighted by Gasteiger charge is -2.16. The van der Waals surface area contributed by atoms with Gasteiger partial charge in [-0.2, -0.15) is 10.2 Å². The molecule has 2 aromatic carbocycles. The van der Waals surface area contributed by atoms with Gasteiger partial charge in [-0.1, -0.05) is 33.1 Å². The Morgan fingerprint density at radius 1 is 1.06 bits per heavy atom. The molecule has 49 heavy (non-hydrogen) atoms. The van der Waals surface area contributed by atoms with Gasteiger partial charge in [0, 0.05) is 83.9 Å². The Morgan fingerprint density at radius 3 is 2.80 bits per heavy atom. The molecule has 2 aliphatic rings. The van der Waals surface area contributed by atoms with Crippen molar-refractivity contribution in [1.82, 2.24) is 33.8 Å². The van der Waals surface area contributed by atoms with E-state index in [2.05, 4.69) is 48.0 Å². The predicted molar refractivity (Wildman–Crippen MR) is 196 cm³/mol. The van der Waals surface area contributed by atoms with Gasteiger partial charge in [-0.05, 0) is 61.6 Å². The van der Waals surface area contributed by atoms with Gasteiger partial charge in [0.1, 0.15) is 17.0 Å². The molecule has 252 valence electrons. The number of ether oxygens (including phenoxy) is 2. The number of halogens is 1. The summed E-state index contributed by atoms with van der Waals surface area (Å²) in [7, 11) is 8.24. The Bertz CT molecular complexity index is 2260. The summed E-state index contributed by atoms with van der Waals surface area (Å²) in [6, 6.07) is 14.4. The van der Waals surface area contributed by atoms with Crippen molar-refractivity contribution in [2.24, 2.45) is 14.1 Å². The number of aromatic nitrogens is 6. The van der Waals surface area contributed by atoms with E-state index >= 15 is 0 Å². The van der Waals surface area contributed by atoms with Crippen molar-refractivity contribution in [3.05, 3.63) is 87.7 Å². The van der Waals surface area contributed by atoms with Crippen molar-refractivity contribution < 1.29 is 14.3 Å². The lowest BCUT2D eigenvalue weighted by atomic mass is 9.97. The van der Waals surface area contributed by atoms with Crippen LogP contribution in [0, 0.1) is 0 Å². The molecule has 10 nitrogen and oxygen atoms in total. The maximum Gasteiger partial charge on any atom is 0.354 e. The highest BCUT2D eigenvalue weighted by molar-refractivity contribution is 7.98. The molecular formula is C36H37ClN7O3PS. The number of fused-ring (bicyclic) bond motifs is 10. The molecule has 0 radical (unpaired) electrons. The molecule has 0 amide bonds. The molecule has 6 aromatic rings. The molecule has 2 aliphatic heterocycles. The maximum atomic E-state index is 13.4. The number of aryl methyl sites for hydroxylation is 4. The number of benzene rings is 2. The van der Waals surface area contributed by atoms with E-state index in [1.54, 1.807) is 18.0 Å². The minimum absolute atomic E-state index is 0.377. The van der Waals surface area contributed by atoms with E-state index in [1.807, 2.05) is 41.5 Å². The molecule has 0 aliphatic carbocycles. The second-order valence-corrected chi connectivity index (χ2v) is 14.9. The highest BCUT2D eigenvalue weighted by Crippen LogP contribution is 2.44. The maximum absolute atomic E-state index is 13.4. The van der Waals surface area contributed by atoms with Crippen molar-refractivity contribution in [3.63, 3.8) is 0 Å². The first-order valence-corrected chi connectivity index (χ1v) is 18.3. The van der Waals surface area contributed by atoms with Crippen LogP contribution < -0.4 is 4.74 Å². The molecule has 6 heterocycles. The number of esters is 1. The molecule has 1 unspecified atom stereocenters. The van der Waals surface area contributed by atoms with Gasteiger partial charge in [0.2, 0.25) is 0 Å². The first-order chi connectivity index (χ1) is 23.8. The first-order valence-electron chi connectivity index (χ1n) is 16.4. The highest BCUT2D eigenvalue weighted by Gasteiger charge is 2.30. The zero-order valence-electron chi connectivity index (χ0n) is 27.7. The largest absolute Gasteiger partial charge is 0.491 e. The fourth-order valence-corrected chi connectivity index (χ4v) is 8.98. The fourth-order valence-electron chi connectivity index (χ4n) is 7.39. The molecule has 0 spiro atoms. The zero-order valence-corrected chi connectivity index (χ0v) is 30.4. The number of carbonyl (C=O) groups is 1. The summed E-state index contributed by atoms with van der Waals surface area (Å²) >= 11 is 8.89. The molecule has 4 aromatic heterocycles. The Balaban J connectivity index is 1.28. The number of thioether (sulfide) groups is 1. The minimum atomic E-state index is -0.377. The van der Waals surface area contributed by atoms with Crippen LogP contribution in [-0.2, 0) is 57.1 Å². The Kier molecular flexibility index (Phi) is 8.64. The average Bonchev–Trinajstić information content (AvgIpc) is 3.83. The van der Waals surface area contributed by atoms with E-state index in [0.717, 1.165) is 91.4 Å². The third kappa shape index (κ3) is 5.80. The zero-order chi connectivity index (χ0) is 33.8. The molecule has 8 bridgehead atoms. The number of methoxy groups -OCH3 is 1. The van der Waals surface area contributed by atoms with Crippen molar-refractivity contribution in [2.45, 2.75) is 56.0 Å². The predicted octanol–water partition coefficient (Wildman–Crippen LogP) is 7.12. The van der Waals surface area contributed by atoms with Crippen molar-refractivity contribution >= 4 is 60.5 Å². The molecular weight excluding hydrogens is 677 g/mol. The molecule has 0 fully saturated rings. The monoisotopic (exact) mass is 713 g/mol. The van der Waals surface area contributed by atoms with Gasteiger partial charge in [0.05, 0.1) is 35.6 Å². The van der Waals surface area contributed by atoms with E-state index < -0.39 is 0 Å². The van der Waals surface area contributed by atoms with Crippen LogP contribution in [0.15, 0.2) is 53.6 Å². The van der Waals surface area contributed by atoms with Gasteiger partial charge in [-0.15, -0.1) is 11.8 Å². The van der Waals surface area contributed by atoms with Gasteiger partial charge in [0.15, 0.2) is 0 Å². The number of rotatable bonds is 1. The molecule has 0 saturated heterocycles. The summed E-state index contributed by atoms with van der Waals surface area (Å²) < 4.78 is 20.0. The number of hydrogen-bond acceptors (Lipinski definition) is 8. The molecule has 0 saturated carbocycles. The Labute approximate surface area is 296 Å². The highest BCUT2D eigenvalue weighted by atomic mass is 35.5. The molecule has 1 atom stereocenters. The smallest absolute Gasteiger partial charge is 0.354 e. The van der Waals surface area contributed by atoms with Crippen LogP contribution in [0.3, 0.4) is 0 Å². The van der Waals surface area contributed by atoms with Gasteiger partial charge in [-0.25, -0.2) is 4.79 Å². The fraction of sp³-hybridized carbons (Fsp3) is 0.333. The second-order valence-electron chi connectivity index (χ2n) is 12.7. The van der Waals surface area contributed by atoms with Crippen molar-refractivity contribution in [3.8, 4) is 16.9 Å². The van der Waals surface area contributed by atoms with Crippen molar-refractivity contribution in [2.75, 3.05) is 13.7 Å². The third-order valence-electron chi connectivity index (χ3n) is 9.56. The minimum Gasteiger partial charge on any atom is -0.491 e. The number of nitrogens with zero attached hydrogens (tertiary/aromatic N) is 7. The summed E-state index contributed by atoms with van der Waals surface area (Å²) in [6.07, 6.45) is 5.03. The van der Waals surface area contributed by atoms with Crippen LogP contribution in [0.1, 0.15) is 51.7 Å². The number of hydrogen-bond donors (Lipinski definition) is 0. The van der Waals surface area contributed by atoms with Crippen molar-refractivity contribution in [1.29, 1.82) is 0 Å². The summed E-state index contributed by atoms with van der Waals surface area (Å²) in [5.74, 6) is 1.13. The van der Waals surface area contributed by atoms with Crippen LogP contribution in [-0.4, -0.2) is 53.5 Å². The van der Waals surface area contributed by atoms with E-state index in [9.17, 15) is 4.79 Å². The van der Waals surface area contributed by atoms with E-state index in [4.69, 9.17) is 31.3 Å². The van der Waals surface area contributed by atoms with Crippen LogP contribution in [0.4, 0.5) is 0 Å². The second kappa shape index (κ2) is 13.1. The Hall–Kier alpha value is -3.89. The molecule has 13 heteroatoms. The topological polar surface area (TPSA) is 92.2 Å². The number of pyridine rings is 1. The van der Waals surface area contributed by atoms with Gasteiger partial charge in [0.25, 0.3) is 0 Å². The van der Waals surface area contributed by atoms with Crippen LogP contribution in [0.5, 0.6) is 5.75 Å². The summed E-state index contributed by atoms with van der Waals surface area (Å²) in [4.78, 5) is 19.2. The third-order valence-corrected chi connectivity index (χ3v) is 11.2. The SMILES string of the molecule is COC(=O)c1c2c3ccc(Cl)c(c3n1C)-c1c(nn3c1CCC3)CN(P)Cc1cc(n(C)n1)CSc1cc(c3ncccc3c1)OCCC2. The standard InChI is InChI=1S/C36H37ClN7O3PS/c1-41-34-26-10-11-27(37)31(34)32-28(40-44-13-5-9-29(32)44)19-43(48)18-22-16-23(42(2)39-22)20-49-24-15-21-7-4-12-38-33(21)30(17-24)47-14-6-8-25(26)35(41)36(45)46-3/h4,7,10-12,15-17H,5-6,8-9,13-14,18-20,48H2,1-3H3. The lowest BCUT2D eigenvalue weighted by Crippen LogP contribution is -2.13. The van der Waals surface area contributed by atoms with E-state index in [-0.39, 0.29) is 5.97 Å². The van der Waals surface area contributed by atoms with Crippen LogP contribution in [0.2, 0.25) is 5.02 Å². The number of carbonyl (C=O) groups excluding carboxylic acids is 1. The quantitative estimate of drug-likeness (QED) is 0.132. The summed E-state index contributed by atoms with van der Waals surface area (Å²) in [6.45, 7) is 2.53. The van der Waals surface area contributed by atoms with E-state index in [0.29, 0.717) is 43.3 Å². The van der Waals surface area contributed by atoms with E-state index in [1.165, 1.54) is 12.8 Å². The molecule has 0 N–H and O–H groups in total.